The van der Waals surface area contributed by atoms with Gasteiger partial charge in [0.15, 0.2) is 9.84 Å². The highest BCUT2D eigenvalue weighted by atomic mass is 32.2. The molecule has 0 bridgehead atoms. The summed E-state index contributed by atoms with van der Waals surface area (Å²) < 4.78 is 38.7. The van der Waals surface area contributed by atoms with Crippen LogP contribution in [-0.2, 0) is 9.84 Å². The topological polar surface area (TPSA) is 60.2 Å². The van der Waals surface area contributed by atoms with Crippen molar-refractivity contribution in [2.75, 3.05) is 6.54 Å². The van der Waals surface area contributed by atoms with Crippen LogP contribution in [0.2, 0.25) is 0 Å². The lowest BCUT2D eigenvalue weighted by Gasteiger charge is -2.16. The molecule has 2 N–H and O–H groups in total. The Morgan fingerprint density at radius 2 is 1.58 bits per heavy atom. The van der Waals surface area contributed by atoms with Gasteiger partial charge in [0.05, 0.1) is 4.90 Å². The smallest absolute Gasteiger partial charge is 0.186 e. The lowest BCUT2D eigenvalue weighted by molar-refractivity contribution is 0.568. The van der Waals surface area contributed by atoms with Gasteiger partial charge in [0.2, 0.25) is 0 Å². The number of nitrogens with two attached hydrogens (primary N) is 1. The van der Waals surface area contributed by atoms with Crippen LogP contribution in [0.15, 0.2) is 59.5 Å². The second-order valence-corrected chi connectivity index (χ2v) is 6.23. The maximum absolute atomic E-state index is 13.8. The molecule has 0 aliphatic heterocycles. The maximum Gasteiger partial charge on any atom is 0.186 e. The lowest BCUT2D eigenvalue weighted by Crippen LogP contribution is -2.23. The van der Waals surface area contributed by atoms with E-state index in [9.17, 15) is 12.8 Å². The van der Waals surface area contributed by atoms with Crippen LogP contribution in [0.4, 0.5) is 4.39 Å². The van der Waals surface area contributed by atoms with E-state index < -0.39 is 20.9 Å². The van der Waals surface area contributed by atoms with Crippen molar-refractivity contribution in [2.45, 2.75) is 10.1 Å². The van der Waals surface area contributed by atoms with Gasteiger partial charge >= 0.3 is 0 Å². The fourth-order valence-electron chi connectivity index (χ4n) is 1.93. The average Bonchev–Trinajstić information content (AvgIpc) is 2.42. The molecule has 2 aromatic carbocycles. The van der Waals surface area contributed by atoms with E-state index in [1.165, 1.54) is 30.3 Å². The molecule has 0 saturated carbocycles. The summed E-state index contributed by atoms with van der Waals surface area (Å²) in [6.45, 7) is -0.168. The van der Waals surface area contributed by atoms with Gasteiger partial charge < -0.3 is 5.73 Å². The molecular formula is C14H14FNO2S. The van der Waals surface area contributed by atoms with Gasteiger partial charge in [-0.15, -0.1) is 0 Å². The zero-order chi connectivity index (χ0) is 13.9. The number of hydrogen-bond donors (Lipinski definition) is 1. The van der Waals surface area contributed by atoms with E-state index >= 15 is 0 Å². The third-order valence-electron chi connectivity index (χ3n) is 2.91. The minimum Gasteiger partial charge on any atom is -0.329 e. The SMILES string of the molecule is NCC(c1ccccc1F)S(=O)(=O)c1ccccc1. The predicted molar refractivity (Wildman–Crippen MR) is 71.8 cm³/mol. The van der Waals surface area contributed by atoms with E-state index in [2.05, 4.69) is 0 Å². The Morgan fingerprint density at radius 1 is 1.00 bits per heavy atom. The number of hydrogen-bond acceptors (Lipinski definition) is 3. The maximum atomic E-state index is 13.8. The minimum atomic E-state index is -3.69. The molecule has 1 unspecified atom stereocenters. The molecule has 0 aliphatic carbocycles. The van der Waals surface area contributed by atoms with Crippen LogP contribution in [0, 0.1) is 5.82 Å². The van der Waals surface area contributed by atoms with E-state index in [0.29, 0.717) is 0 Å². The summed E-state index contributed by atoms with van der Waals surface area (Å²) >= 11 is 0. The van der Waals surface area contributed by atoms with Crippen LogP contribution in [0.25, 0.3) is 0 Å². The van der Waals surface area contributed by atoms with Crippen molar-refractivity contribution in [1.29, 1.82) is 0 Å². The van der Waals surface area contributed by atoms with E-state index in [-0.39, 0.29) is 17.0 Å². The first kappa shape index (κ1) is 13.7. The van der Waals surface area contributed by atoms with Crippen molar-refractivity contribution in [2.24, 2.45) is 5.73 Å². The Labute approximate surface area is 111 Å². The molecule has 0 radical (unpaired) electrons. The summed E-state index contributed by atoms with van der Waals surface area (Å²) in [5.41, 5.74) is 5.66. The molecule has 100 valence electrons. The van der Waals surface area contributed by atoms with Gasteiger partial charge in [-0.05, 0) is 18.2 Å². The van der Waals surface area contributed by atoms with Gasteiger partial charge in [0.1, 0.15) is 11.1 Å². The summed E-state index contributed by atoms with van der Waals surface area (Å²) in [5, 5.41) is -1.07. The van der Waals surface area contributed by atoms with Crippen LogP contribution >= 0.6 is 0 Å². The van der Waals surface area contributed by atoms with Crippen molar-refractivity contribution in [1.82, 2.24) is 0 Å². The lowest BCUT2D eigenvalue weighted by atomic mass is 10.1. The highest BCUT2D eigenvalue weighted by Crippen LogP contribution is 2.29. The van der Waals surface area contributed by atoms with Crippen molar-refractivity contribution in [3.63, 3.8) is 0 Å². The molecule has 0 amide bonds. The van der Waals surface area contributed by atoms with Crippen LogP contribution in [-0.4, -0.2) is 15.0 Å². The standard InChI is InChI=1S/C14H14FNO2S/c15-13-9-5-4-8-12(13)14(10-16)19(17,18)11-6-2-1-3-7-11/h1-9,14H,10,16H2. The first-order valence-electron chi connectivity index (χ1n) is 5.81. The Bertz CT molecular complexity index is 656. The molecule has 1 atom stereocenters. The third-order valence-corrected chi connectivity index (χ3v) is 5.04. The molecule has 19 heavy (non-hydrogen) atoms. The molecule has 0 spiro atoms. The summed E-state index contributed by atoms with van der Waals surface area (Å²) in [7, 11) is -3.69. The number of rotatable bonds is 4. The van der Waals surface area contributed by atoms with Crippen LogP contribution in [0.1, 0.15) is 10.8 Å². The van der Waals surface area contributed by atoms with Crippen LogP contribution in [0.3, 0.4) is 0 Å². The van der Waals surface area contributed by atoms with Gasteiger partial charge in [-0.3, -0.25) is 0 Å². The van der Waals surface area contributed by atoms with Gasteiger partial charge in [0, 0.05) is 12.1 Å². The molecule has 0 heterocycles. The quantitative estimate of drug-likeness (QED) is 0.934. The van der Waals surface area contributed by atoms with Gasteiger partial charge in [0.25, 0.3) is 0 Å². The fourth-order valence-corrected chi connectivity index (χ4v) is 3.58. The molecule has 0 saturated heterocycles. The van der Waals surface area contributed by atoms with Crippen LogP contribution in [0.5, 0.6) is 0 Å². The molecule has 2 aromatic rings. The zero-order valence-corrected chi connectivity index (χ0v) is 11.0. The Morgan fingerprint density at radius 3 is 2.16 bits per heavy atom. The number of sulfone groups is 1. The van der Waals surface area contributed by atoms with E-state index in [1.807, 2.05) is 0 Å². The highest BCUT2D eigenvalue weighted by Gasteiger charge is 2.29. The second-order valence-electron chi connectivity index (χ2n) is 4.10. The fraction of sp³-hybridized carbons (Fsp3) is 0.143. The minimum absolute atomic E-state index is 0.105. The molecule has 3 nitrogen and oxygen atoms in total. The van der Waals surface area contributed by atoms with Gasteiger partial charge in [-0.25, -0.2) is 12.8 Å². The monoisotopic (exact) mass is 279 g/mol. The summed E-state index contributed by atoms with van der Waals surface area (Å²) in [6.07, 6.45) is 0. The molecule has 5 heteroatoms. The molecule has 0 aliphatic rings. The molecule has 2 rings (SSSR count). The van der Waals surface area contributed by atoms with E-state index in [1.54, 1.807) is 24.3 Å². The molecular weight excluding hydrogens is 265 g/mol. The summed E-state index contributed by atoms with van der Waals surface area (Å²) in [5.74, 6) is -0.558. The van der Waals surface area contributed by atoms with Crippen LogP contribution < -0.4 is 5.73 Å². The largest absolute Gasteiger partial charge is 0.329 e. The van der Waals surface area contributed by atoms with Crippen molar-refractivity contribution < 1.29 is 12.8 Å². The summed E-state index contributed by atoms with van der Waals surface area (Å²) in [6, 6.07) is 13.7. The first-order chi connectivity index (χ1) is 9.07. The first-order valence-corrected chi connectivity index (χ1v) is 7.35. The zero-order valence-electron chi connectivity index (χ0n) is 10.2. The second kappa shape index (κ2) is 5.50. The average molecular weight is 279 g/mol. The van der Waals surface area contributed by atoms with E-state index in [0.717, 1.165) is 0 Å². The number of benzene rings is 2. The molecule has 0 fully saturated rings. The predicted octanol–water partition coefficient (Wildman–Crippen LogP) is 2.30. The third kappa shape index (κ3) is 2.67. The van der Waals surface area contributed by atoms with Gasteiger partial charge in [-0.1, -0.05) is 36.4 Å². The van der Waals surface area contributed by atoms with Crippen molar-refractivity contribution in [3.8, 4) is 0 Å². The Balaban J connectivity index is 2.52. The normalized spacial score (nSPS) is 13.2. The highest BCUT2D eigenvalue weighted by molar-refractivity contribution is 7.91. The van der Waals surface area contributed by atoms with Gasteiger partial charge in [-0.2, -0.15) is 0 Å². The van der Waals surface area contributed by atoms with Crippen molar-refractivity contribution in [3.05, 3.63) is 66.0 Å². The Hall–Kier alpha value is -1.72. The Kier molecular flexibility index (Phi) is 3.97. The number of halogens is 1. The van der Waals surface area contributed by atoms with Crippen molar-refractivity contribution >= 4 is 9.84 Å². The molecule has 0 aromatic heterocycles. The van der Waals surface area contributed by atoms with E-state index in [4.69, 9.17) is 5.73 Å². The summed E-state index contributed by atoms with van der Waals surface area (Å²) in [4.78, 5) is 0.147.